The molecule has 1 saturated heterocycles. The van der Waals surface area contributed by atoms with Crippen LogP contribution in [0.3, 0.4) is 0 Å². The van der Waals surface area contributed by atoms with Crippen molar-refractivity contribution in [1.29, 1.82) is 0 Å². The van der Waals surface area contributed by atoms with Gasteiger partial charge in [-0.25, -0.2) is 0 Å². The fourth-order valence-electron chi connectivity index (χ4n) is 1.47. The van der Waals surface area contributed by atoms with Crippen molar-refractivity contribution >= 4 is 0 Å². The second-order valence-corrected chi connectivity index (χ2v) is 4.53. The Labute approximate surface area is 74.8 Å². The van der Waals surface area contributed by atoms with Gasteiger partial charge in [0.1, 0.15) is 6.23 Å². The van der Waals surface area contributed by atoms with E-state index in [1.165, 1.54) is 0 Å². The van der Waals surface area contributed by atoms with E-state index in [1.807, 2.05) is 0 Å². The molecule has 1 fully saturated rings. The van der Waals surface area contributed by atoms with Gasteiger partial charge in [-0.2, -0.15) is 0 Å². The van der Waals surface area contributed by atoms with Crippen molar-refractivity contribution in [3.8, 4) is 0 Å². The Morgan fingerprint density at radius 2 is 1.75 bits per heavy atom. The van der Waals surface area contributed by atoms with Crippen LogP contribution in [0.5, 0.6) is 0 Å². The zero-order valence-corrected chi connectivity index (χ0v) is 8.30. The van der Waals surface area contributed by atoms with E-state index in [0.29, 0.717) is 0 Å². The van der Waals surface area contributed by atoms with Gasteiger partial charge in [-0.05, 0) is 0 Å². The van der Waals surface area contributed by atoms with Crippen LogP contribution in [-0.2, 0) is 0 Å². The lowest BCUT2D eigenvalue weighted by atomic mass is 9.93. The molecule has 0 aromatic carbocycles. The maximum Gasteiger partial charge on any atom is 0.112 e. The number of aliphatic hydroxyl groups excluding tert-OH is 1. The van der Waals surface area contributed by atoms with Crippen LogP contribution in [0, 0.1) is 5.41 Å². The Kier molecular flexibility index (Phi) is 3.09. The second-order valence-electron chi connectivity index (χ2n) is 4.53. The maximum atomic E-state index is 9.91. The Morgan fingerprint density at radius 1 is 1.25 bits per heavy atom. The van der Waals surface area contributed by atoms with Gasteiger partial charge >= 0.3 is 0 Å². The molecule has 0 aromatic heterocycles. The molecule has 0 amide bonds. The van der Waals surface area contributed by atoms with Crippen molar-refractivity contribution in [2.75, 3.05) is 26.2 Å². The van der Waals surface area contributed by atoms with Crippen LogP contribution in [0.4, 0.5) is 0 Å². The molecule has 1 atom stereocenters. The molecule has 12 heavy (non-hydrogen) atoms. The van der Waals surface area contributed by atoms with Crippen LogP contribution < -0.4 is 5.32 Å². The van der Waals surface area contributed by atoms with Crippen molar-refractivity contribution in [1.82, 2.24) is 10.2 Å². The normalized spacial score (nSPS) is 24.0. The molecule has 0 saturated carbocycles. The Morgan fingerprint density at radius 3 is 2.17 bits per heavy atom. The predicted octanol–water partition coefficient (Wildman–Crippen LogP) is 0.256. The van der Waals surface area contributed by atoms with Crippen LogP contribution in [0.1, 0.15) is 20.8 Å². The van der Waals surface area contributed by atoms with Crippen molar-refractivity contribution in [2.24, 2.45) is 5.41 Å². The molecule has 3 heteroatoms. The van der Waals surface area contributed by atoms with Gasteiger partial charge in [0.25, 0.3) is 0 Å². The molecule has 0 bridgehead atoms. The van der Waals surface area contributed by atoms with E-state index in [4.69, 9.17) is 0 Å². The van der Waals surface area contributed by atoms with Gasteiger partial charge in [0.15, 0.2) is 0 Å². The average Bonchev–Trinajstić information content (AvgIpc) is 2.03. The lowest BCUT2D eigenvalue weighted by Gasteiger charge is -2.38. The summed E-state index contributed by atoms with van der Waals surface area (Å²) in [7, 11) is 0. The average molecular weight is 172 g/mol. The highest BCUT2D eigenvalue weighted by molar-refractivity contribution is 4.77. The Hall–Kier alpha value is -0.120. The molecule has 0 spiro atoms. The molecular weight excluding hydrogens is 152 g/mol. The summed E-state index contributed by atoms with van der Waals surface area (Å²) in [6, 6.07) is 0. The second kappa shape index (κ2) is 3.73. The summed E-state index contributed by atoms with van der Waals surface area (Å²) >= 11 is 0. The number of piperazine rings is 1. The quantitative estimate of drug-likeness (QED) is 0.595. The maximum absolute atomic E-state index is 9.91. The molecule has 1 unspecified atom stereocenters. The highest BCUT2D eigenvalue weighted by Gasteiger charge is 2.28. The van der Waals surface area contributed by atoms with Gasteiger partial charge in [-0.1, -0.05) is 20.8 Å². The minimum absolute atomic E-state index is 0.0304. The topological polar surface area (TPSA) is 35.5 Å². The number of hydrogen-bond donors (Lipinski definition) is 2. The number of nitrogens with zero attached hydrogens (tertiary/aromatic N) is 1. The molecular formula is C9H20N2O. The molecule has 0 radical (unpaired) electrons. The Bertz CT molecular complexity index is 136. The van der Waals surface area contributed by atoms with E-state index in [0.717, 1.165) is 26.2 Å². The molecule has 1 aliphatic rings. The number of nitrogens with one attached hydrogen (secondary N) is 1. The molecule has 3 nitrogen and oxygen atoms in total. The summed E-state index contributed by atoms with van der Waals surface area (Å²) in [5.41, 5.74) is -0.0304. The third-order valence-electron chi connectivity index (χ3n) is 2.27. The third-order valence-corrected chi connectivity index (χ3v) is 2.27. The molecule has 2 N–H and O–H groups in total. The highest BCUT2D eigenvalue weighted by Crippen LogP contribution is 2.22. The smallest absolute Gasteiger partial charge is 0.112 e. The number of rotatable bonds is 1. The number of aliphatic hydroxyl groups is 1. The van der Waals surface area contributed by atoms with Gasteiger partial charge in [-0.3, -0.25) is 4.90 Å². The Balaban J connectivity index is 2.45. The summed E-state index contributed by atoms with van der Waals surface area (Å²) in [5, 5.41) is 13.2. The van der Waals surface area contributed by atoms with E-state index >= 15 is 0 Å². The summed E-state index contributed by atoms with van der Waals surface area (Å²) < 4.78 is 0. The minimum atomic E-state index is -0.306. The van der Waals surface area contributed by atoms with Gasteiger partial charge in [0.05, 0.1) is 0 Å². The van der Waals surface area contributed by atoms with Crippen molar-refractivity contribution in [3.63, 3.8) is 0 Å². The number of hydrogen-bond acceptors (Lipinski definition) is 3. The summed E-state index contributed by atoms with van der Waals surface area (Å²) in [5.74, 6) is 0. The van der Waals surface area contributed by atoms with E-state index in [1.54, 1.807) is 0 Å². The van der Waals surface area contributed by atoms with Crippen LogP contribution in [0.25, 0.3) is 0 Å². The zero-order chi connectivity index (χ0) is 9.19. The highest BCUT2D eigenvalue weighted by atomic mass is 16.3. The fourth-order valence-corrected chi connectivity index (χ4v) is 1.47. The zero-order valence-electron chi connectivity index (χ0n) is 8.30. The standard InChI is InChI=1S/C9H20N2O/c1-9(2,3)8(12)11-6-4-10-5-7-11/h8,10,12H,4-7H2,1-3H3. The van der Waals surface area contributed by atoms with E-state index in [-0.39, 0.29) is 11.6 Å². The molecule has 1 rings (SSSR count). The van der Waals surface area contributed by atoms with E-state index in [2.05, 4.69) is 31.0 Å². The molecule has 0 aromatic rings. The predicted molar refractivity (Wildman–Crippen MR) is 49.9 cm³/mol. The van der Waals surface area contributed by atoms with Gasteiger partial charge in [0.2, 0.25) is 0 Å². The van der Waals surface area contributed by atoms with Gasteiger partial charge in [-0.15, -0.1) is 0 Å². The first-order valence-corrected chi connectivity index (χ1v) is 4.64. The summed E-state index contributed by atoms with van der Waals surface area (Å²) in [4.78, 5) is 2.14. The van der Waals surface area contributed by atoms with Crippen LogP contribution in [0.2, 0.25) is 0 Å². The van der Waals surface area contributed by atoms with Crippen molar-refractivity contribution < 1.29 is 5.11 Å². The van der Waals surface area contributed by atoms with E-state index in [9.17, 15) is 5.11 Å². The largest absolute Gasteiger partial charge is 0.378 e. The molecule has 0 aliphatic carbocycles. The third kappa shape index (κ3) is 2.44. The van der Waals surface area contributed by atoms with Crippen LogP contribution >= 0.6 is 0 Å². The minimum Gasteiger partial charge on any atom is -0.378 e. The summed E-state index contributed by atoms with van der Waals surface area (Å²) in [6.45, 7) is 10.1. The van der Waals surface area contributed by atoms with Crippen molar-refractivity contribution in [3.05, 3.63) is 0 Å². The first-order valence-electron chi connectivity index (χ1n) is 4.64. The first kappa shape index (κ1) is 9.96. The first-order chi connectivity index (χ1) is 5.52. The van der Waals surface area contributed by atoms with Crippen molar-refractivity contribution in [2.45, 2.75) is 27.0 Å². The lowest BCUT2D eigenvalue weighted by Crippen LogP contribution is -2.52. The SMILES string of the molecule is CC(C)(C)C(O)N1CCNCC1. The summed E-state index contributed by atoms with van der Waals surface area (Å²) in [6.07, 6.45) is -0.306. The van der Waals surface area contributed by atoms with Crippen LogP contribution in [-0.4, -0.2) is 42.4 Å². The fraction of sp³-hybridized carbons (Fsp3) is 1.00. The lowest BCUT2D eigenvalue weighted by molar-refractivity contribution is -0.0748. The molecule has 1 aliphatic heterocycles. The molecule has 72 valence electrons. The van der Waals surface area contributed by atoms with Gasteiger partial charge in [0, 0.05) is 31.6 Å². The monoisotopic (exact) mass is 172 g/mol. The van der Waals surface area contributed by atoms with E-state index < -0.39 is 0 Å². The van der Waals surface area contributed by atoms with Crippen LogP contribution in [0.15, 0.2) is 0 Å². The van der Waals surface area contributed by atoms with Gasteiger partial charge < -0.3 is 10.4 Å². The molecule has 1 heterocycles.